The van der Waals surface area contributed by atoms with Crippen LogP contribution in [-0.2, 0) is 33.6 Å². The molecule has 6 nitrogen and oxygen atoms in total. The molecule has 0 spiro atoms. The van der Waals surface area contributed by atoms with Crippen LogP contribution >= 0.6 is 0 Å². The predicted molar refractivity (Wildman–Crippen MR) is 115 cm³/mol. The molecule has 1 saturated heterocycles. The van der Waals surface area contributed by atoms with Crippen molar-refractivity contribution in [2.75, 3.05) is 44.8 Å². The molecule has 0 N–H and O–H groups in total. The van der Waals surface area contributed by atoms with Gasteiger partial charge >= 0.3 is 5.97 Å². The molecule has 0 aromatic heterocycles. The maximum atomic E-state index is 12.5. The van der Waals surface area contributed by atoms with Crippen molar-refractivity contribution in [3.05, 3.63) is 59.2 Å². The highest BCUT2D eigenvalue weighted by Gasteiger charge is 2.23. The Labute approximate surface area is 177 Å². The van der Waals surface area contributed by atoms with E-state index in [2.05, 4.69) is 17.0 Å². The summed E-state index contributed by atoms with van der Waals surface area (Å²) in [6.45, 7) is 2.43. The lowest BCUT2D eigenvalue weighted by atomic mass is 10.0. The quantitative estimate of drug-likeness (QED) is 0.688. The van der Waals surface area contributed by atoms with Crippen LogP contribution in [0.15, 0.2) is 42.5 Å². The number of hydrogen-bond donors (Lipinski definition) is 0. The number of fused-ring (bicyclic) bond motifs is 1. The summed E-state index contributed by atoms with van der Waals surface area (Å²) in [5.41, 5.74) is 4.71. The maximum Gasteiger partial charge on any atom is 0.310 e. The van der Waals surface area contributed by atoms with Gasteiger partial charge < -0.3 is 19.3 Å². The maximum absolute atomic E-state index is 12.5. The van der Waals surface area contributed by atoms with Gasteiger partial charge in [0, 0.05) is 26.2 Å². The summed E-state index contributed by atoms with van der Waals surface area (Å²) in [5.74, 6) is 0.337. The molecule has 1 aliphatic carbocycles. The van der Waals surface area contributed by atoms with E-state index >= 15 is 0 Å². The number of para-hydroxylation sites is 2. The molecule has 1 fully saturated rings. The van der Waals surface area contributed by atoms with E-state index in [1.54, 1.807) is 12.0 Å². The van der Waals surface area contributed by atoms with Crippen LogP contribution in [0.2, 0.25) is 0 Å². The number of hydrogen-bond acceptors (Lipinski definition) is 5. The second kappa shape index (κ2) is 9.20. The van der Waals surface area contributed by atoms with Crippen molar-refractivity contribution in [1.29, 1.82) is 0 Å². The first-order valence-electron chi connectivity index (χ1n) is 10.6. The molecule has 0 unspecified atom stereocenters. The summed E-state index contributed by atoms with van der Waals surface area (Å²) >= 11 is 0. The first-order valence-corrected chi connectivity index (χ1v) is 10.6. The monoisotopic (exact) mass is 408 g/mol. The SMILES string of the molecule is COc1ccccc1N1CCN(C(=O)COC(=O)Cc2ccc3c(c2)CCC3)CC1. The van der Waals surface area contributed by atoms with Crippen LogP contribution in [-0.4, -0.2) is 56.7 Å². The summed E-state index contributed by atoms with van der Waals surface area (Å²) in [5, 5.41) is 0. The molecule has 158 valence electrons. The predicted octanol–water partition coefficient (Wildman–Crippen LogP) is 2.62. The number of anilines is 1. The van der Waals surface area contributed by atoms with E-state index in [1.807, 2.05) is 30.3 Å². The Morgan fingerprint density at radius 1 is 0.967 bits per heavy atom. The van der Waals surface area contributed by atoms with Gasteiger partial charge in [-0.2, -0.15) is 0 Å². The number of amides is 1. The lowest BCUT2D eigenvalue weighted by Crippen LogP contribution is -2.50. The number of aryl methyl sites for hydroxylation is 2. The Kier molecular flexibility index (Phi) is 6.21. The molecule has 2 aromatic carbocycles. The molecule has 6 heteroatoms. The van der Waals surface area contributed by atoms with Crippen molar-refractivity contribution in [2.45, 2.75) is 25.7 Å². The van der Waals surface area contributed by atoms with Crippen LogP contribution in [0.25, 0.3) is 0 Å². The van der Waals surface area contributed by atoms with E-state index < -0.39 is 0 Å². The fourth-order valence-corrected chi connectivity index (χ4v) is 4.27. The van der Waals surface area contributed by atoms with Crippen LogP contribution < -0.4 is 9.64 Å². The summed E-state index contributed by atoms with van der Waals surface area (Å²) in [4.78, 5) is 28.6. The molecular formula is C24H28N2O4. The second-order valence-electron chi connectivity index (χ2n) is 7.83. The highest BCUT2D eigenvalue weighted by atomic mass is 16.5. The average molecular weight is 408 g/mol. The third kappa shape index (κ3) is 4.58. The Hall–Kier alpha value is -3.02. The van der Waals surface area contributed by atoms with Crippen LogP contribution in [0.4, 0.5) is 5.69 Å². The van der Waals surface area contributed by atoms with Gasteiger partial charge in [-0.25, -0.2) is 0 Å². The number of benzene rings is 2. The van der Waals surface area contributed by atoms with E-state index in [-0.39, 0.29) is 24.9 Å². The number of esters is 1. The van der Waals surface area contributed by atoms with Gasteiger partial charge in [0.2, 0.25) is 0 Å². The molecule has 2 aliphatic rings. The third-order valence-corrected chi connectivity index (χ3v) is 5.93. The number of carbonyl (C=O) groups is 2. The molecule has 0 radical (unpaired) electrons. The number of piperazine rings is 1. The third-order valence-electron chi connectivity index (χ3n) is 5.93. The number of rotatable bonds is 6. The molecule has 1 heterocycles. The molecular weight excluding hydrogens is 380 g/mol. The van der Waals surface area contributed by atoms with Crippen LogP contribution in [0.3, 0.4) is 0 Å². The van der Waals surface area contributed by atoms with Crippen molar-refractivity contribution >= 4 is 17.6 Å². The van der Waals surface area contributed by atoms with Crippen LogP contribution in [0, 0.1) is 0 Å². The standard InChI is InChI=1S/C24H28N2O4/c1-29-22-8-3-2-7-21(22)25-11-13-26(14-12-25)23(27)17-30-24(28)16-18-9-10-19-5-4-6-20(19)15-18/h2-3,7-10,15H,4-6,11-14,16-17H2,1H3. The number of methoxy groups -OCH3 is 1. The smallest absolute Gasteiger partial charge is 0.310 e. The molecule has 2 aromatic rings. The van der Waals surface area contributed by atoms with Gasteiger partial charge in [-0.15, -0.1) is 0 Å². The van der Waals surface area contributed by atoms with Gasteiger partial charge in [-0.1, -0.05) is 30.3 Å². The first kappa shape index (κ1) is 20.3. The van der Waals surface area contributed by atoms with Gasteiger partial charge in [-0.05, 0) is 48.1 Å². The first-order chi connectivity index (χ1) is 14.6. The molecule has 30 heavy (non-hydrogen) atoms. The Bertz CT molecular complexity index is 919. The molecule has 0 bridgehead atoms. The average Bonchev–Trinajstić information content (AvgIpc) is 3.25. The van der Waals surface area contributed by atoms with Gasteiger partial charge in [0.05, 0.1) is 19.2 Å². The zero-order chi connectivity index (χ0) is 20.9. The molecule has 1 aliphatic heterocycles. The highest BCUT2D eigenvalue weighted by molar-refractivity contribution is 5.81. The van der Waals surface area contributed by atoms with E-state index in [9.17, 15) is 9.59 Å². The Balaban J connectivity index is 1.23. The lowest BCUT2D eigenvalue weighted by molar-refractivity contribution is -0.151. The molecule has 4 rings (SSSR count). The normalized spacial score (nSPS) is 15.6. The van der Waals surface area contributed by atoms with Crippen LogP contribution in [0.1, 0.15) is 23.1 Å². The summed E-state index contributed by atoms with van der Waals surface area (Å²) in [6, 6.07) is 14.1. The molecule has 1 amide bonds. The van der Waals surface area contributed by atoms with Crippen molar-refractivity contribution in [2.24, 2.45) is 0 Å². The summed E-state index contributed by atoms with van der Waals surface area (Å²) in [6.07, 6.45) is 3.60. The minimum Gasteiger partial charge on any atom is -0.495 e. The van der Waals surface area contributed by atoms with E-state index in [4.69, 9.17) is 9.47 Å². The van der Waals surface area contributed by atoms with E-state index in [0.29, 0.717) is 13.1 Å². The van der Waals surface area contributed by atoms with Gasteiger partial charge in [-0.3, -0.25) is 9.59 Å². The largest absolute Gasteiger partial charge is 0.495 e. The minimum absolute atomic E-state index is 0.142. The van der Waals surface area contributed by atoms with Gasteiger partial charge in [0.1, 0.15) is 5.75 Å². The number of nitrogens with zero attached hydrogens (tertiary/aromatic N) is 2. The molecule has 0 atom stereocenters. The zero-order valence-electron chi connectivity index (χ0n) is 17.4. The fraction of sp³-hybridized carbons (Fsp3) is 0.417. The van der Waals surface area contributed by atoms with Crippen molar-refractivity contribution < 1.29 is 19.1 Å². The zero-order valence-corrected chi connectivity index (χ0v) is 17.4. The van der Waals surface area contributed by atoms with Crippen molar-refractivity contribution in [3.63, 3.8) is 0 Å². The lowest BCUT2D eigenvalue weighted by Gasteiger charge is -2.36. The minimum atomic E-state index is -0.353. The Morgan fingerprint density at radius 2 is 1.73 bits per heavy atom. The summed E-state index contributed by atoms with van der Waals surface area (Å²) in [7, 11) is 1.66. The van der Waals surface area contributed by atoms with Crippen LogP contribution in [0.5, 0.6) is 5.75 Å². The highest BCUT2D eigenvalue weighted by Crippen LogP contribution is 2.28. The number of ether oxygens (including phenoxy) is 2. The summed E-state index contributed by atoms with van der Waals surface area (Å²) < 4.78 is 10.7. The van der Waals surface area contributed by atoms with E-state index in [0.717, 1.165) is 42.9 Å². The van der Waals surface area contributed by atoms with Crippen molar-refractivity contribution in [1.82, 2.24) is 4.90 Å². The second-order valence-corrected chi connectivity index (χ2v) is 7.83. The van der Waals surface area contributed by atoms with Crippen molar-refractivity contribution in [3.8, 4) is 5.75 Å². The van der Waals surface area contributed by atoms with Gasteiger partial charge in [0.15, 0.2) is 6.61 Å². The fourth-order valence-electron chi connectivity index (χ4n) is 4.27. The Morgan fingerprint density at radius 3 is 2.53 bits per heavy atom. The molecule has 0 saturated carbocycles. The van der Waals surface area contributed by atoms with E-state index in [1.165, 1.54) is 17.5 Å². The number of carbonyl (C=O) groups excluding carboxylic acids is 2. The topological polar surface area (TPSA) is 59.1 Å². The van der Waals surface area contributed by atoms with Gasteiger partial charge in [0.25, 0.3) is 5.91 Å².